The number of nitrogens with two attached hydrogens (primary N) is 1. The average Bonchev–Trinajstić information content (AvgIpc) is 3.52. The number of benzene rings is 1. The molecular formula is C23H30N6O6S. The van der Waals surface area contributed by atoms with Gasteiger partial charge in [0.1, 0.15) is 18.1 Å². The second-order valence-electron chi connectivity index (χ2n) is 8.59. The number of hydrogen-bond acceptors (Lipinski definition) is 7. The van der Waals surface area contributed by atoms with Crippen LogP contribution in [0, 0.1) is 0 Å². The number of hydrogen-bond donors (Lipinski definition) is 8. The number of amides is 4. The van der Waals surface area contributed by atoms with Crippen LogP contribution in [0.2, 0.25) is 0 Å². The monoisotopic (exact) mass is 518 g/mol. The van der Waals surface area contributed by atoms with Crippen molar-refractivity contribution in [2.24, 2.45) is 5.73 Å². The molecule has 2 aromatic rings. The van der Waals surface area contributed by atoms with Gasteiger partial charge < -0.3 is 37.1 Å². The van der Waals surface area contributed by atoms with E-state index in [1.807, 2.05) is 24.3 Å². The highest BCUT2D eigenvalue weighted by Crippen LogP contribution is 2.19. The zero-order chi connectivity index (χ0) is 26.2. The van der Waals surface area contributed by atoms with Gasteiger partial charge >= 0.3 is 5.97 Å². The lowest BCUT2D eigenvalue weighted by Crippen LogP contribution is -2.58. The number of aromatic amines is 1. The highest BCUT2D eigenvalue weighted by atomic mass is 32.1. The highest BCUT2D eigenvalue weighted by Gasteiger charge is 2.32. The van der Waals surface area contributed by atoms with Crippen LogP contribution >= 0.6 is 12.6 Å². The quantitative estimate of drug-likeness (QED) is 0.162. The molecule has 1 aromatic carbocycles. The zero-order valence-electron chi connectivity index (χ0n) is 19.5. The Morgan fingerprint density at radius 3 is 2.39 bits per heavy atom. The average molecular weight is 519 g/mol. The van der Waals surface area contributed by atoms with Crippen molar-refractivity contribution in [2.75, 3.05) is 12.3 Å². The lowest BCUT2D eigenvalue weighted by molar-refractivity contribution is -0.142. The first-order valence-corrected chi connectivity index (χ1v) is 12.1. The van der Waals surface area contributed by atoms with Gasteiger partial charge in [0.2, 0.25) is 23.6 Å². The van der Waals surface area contributed by atoms with Gasteiger partial charge in [-0.1, -0.05) is 18.2 Å². The Balaban J connectivity index is 1.65. The molecule has 4 atom stereocenters. The van der Waals surface area contributed by atoms with Gasteiger partial charge in [0, 0.05) is 29.3 Å². The molecule has 1 aliphatic heterocycles. The first kappa shape index (κ1) is 27.0. The lowest BCUT2D eigenvalue weighted by atomic mass is 10.0. The minimum atomic E-state index is -1.30. The van der Waals surface area contributed by atoms with Crippen molar-refractivity contribution in [3.63, 3.8) is 0 Å². The maximum absolute atomic E-state index is 12.9. The van der Waals surface area contributed by atoms with Crippen molar-refractivity contribution >= 4 is 53.1 Å². The number of primary amides is 1. The summed E-state index contributed by atoms with van der Waals surface area (Å²) in [5.74, 6) is -4.25. The summed E-state index contributed by atoms with van der Waals surface area (Å²) in [5.41, 5.74) is 6.77. The van der Waals surface area contributed by atoms with Crippen LogP contribution in [0.25, 0.3) is 10.9 Å². The number of thiol groups is 1. The Morgan fingerprint density at radius 1 is 1.06 bits per heavy atom. The number of carbonyl (C=O) groups is 5. The predicted molar refractivity (Wildman–Crippen MR) is 134 cm³/mol. The van der Waals surface area contributed by atoms with Crippen LogP contribution in [-0.4, -0.2) is 76.2 Å². The number of carbonyl (C=O) groups excluding carboxylic acids is 4. The van der Waals surface area contributed by atoms with Crippen LogP contribution in [-0.2, 0) is 30.4 Å². The largest absolute Gasteiger partial charge is 0.480 e. The molecule has 1 aliphatic rings. The number of aliphatic carboxylic acids is 1. The summed E-state index contributed by atoms with van der Waals surface area (Å²) in [7, 11) is 0. The SMILES string of the molecule is NC(=O)CC(NC(=O)C1CCCN1)C(=O)NC(CS)C(=O)NC(Cc1c[nH]c2ccccc12)C(=O)O. The molecule has 36 heavy (non-hydrogen) atoms. The molecule has 0 bridgehead atoms. The van der Waals surface area contributed by atoms with Gasteiger partial charge in [-0.25, -0.2) is 4.79 Å². The van der Waals surface area contributed by atoms with Gasteiger partial charge in [-0.05, 0) is 31.0 Å². The Hall–Kier alpha value is -3.58. The summed E-state index contributed by atoms with van der Waals surface area (Å²) in [6, 6.07) is 3.08. The summed E-state index contributed by atoms with van der Waals surface area (Å²) in [5, 5.41) is 20.9. The van der Waals surface area contributed by atoms with Crippen LogP contribution < -0.4 is 27.0 Å². The third kappa shape index (κ3) is 6.98. The second kappa shape index (κ2) is 12.4. The Morgan fingerprint density at radius 2 is 1.75 bits per heavy atom. The molecule has 1 saturated heterocycles. The maximum Gasteiger partial charge on any atom is 0.326 e. The Labute approximate surface area is 212 Å². The van der Waals surface area contributed by atoms with Crippen molar-refractivity contribution in [3.8, 4) is 0 Å². The molecule has 0 aliphatic carbocycles. The summed E-state index contributed by atoms with van der Waals surface area (Å²) in [6.07, 6.45) is 2.61. The van der Waals surface area contributed by atoms with E-state index in [4.69, 9.17) is 5.73 Å². The number of rotatable bonds is 12. The molecule has 1 aromatic heterocycles. The molecule has 4 amide bonds. The van der Waals surface area contributed by atoms with E-state index in [0.29, 0.717) is 18.5 Å². The van der Waals surface area contributed by atoms with E-state index in [2.05, 4.69) is 38.9 Å². The molecule has 0 radical (unpaired) electrons. The van der Waals surface area contributed by atoms with Gasteiger partial charge in [-0.2, -0.15) is 12.6 Å². The van der Waals surface area contributed by atoms with E-state index < -0.39 is 60.2 Å². The van der Waals surface area contributed by atoms with Crippen LogP contribution in [0.5, 0.6) is 0 Å². The predicted octanol–water partition coefficient (Wildman–Crippen LogP) is -1.19. The molecule has 2 heterocycles. The first-order valence-electron chi connectivity index (χ1n) is 11.5. The fraction of sp³-hybridized carbons (Fsp3) is 0.435. The highest BCUT2D eigenvalue weighted by molar-refractivity contribution is 7.80. The molecule has 13 heteroatoms. The summed E-state index contributed by atoms with van der Waals surface area (Å²) < 4.78 is 0. The van der Waals surface area contributed by atoms with Gasteiger partial charge in [0.25, 0.3) is 0 Å². The van der Waals surface area contributed by atoms with Crippen LogP contribution in [0.1, 0.15) is 24.8 Å². The minimum absolute atomic E-state index is 0.00701. The third-order valence-electron chi connectivity index (χ3n) is 5.94. The lowest BCUT2D eigenvalue weighted by Gasteiger charge is -2.24. The molecule has 4 unspecified atom stereocenters. The summed E-state index contributed by atoms with van der Waals surface area (Å²) >= 11 is 4.10. The fourth-order valence-corrected chi connectivity index (χ4v) is 4.31. The van der Waals surface area contributed by atoms with Crippen LogP contribution in [0.3, 0.4) is 0 Å². The minimum Gasteiger partial charge on any atom is -0.480 e. The van der Waals surface area contributed by atoms with Crippen molar-refractivity contribution in [2.45, 2.75) is 49.9 Å². The van der Waals surface area contributed by atoms with Gasteiger partial charge in [0.15, 0.2) is 0 Å². The van der Waals surface area contributed by atoms with E-state index in [1.54, 1.807) is 6.20 Å². The maximum atomic E-state index is 12.9. The number of fused-ring (bicyclic) bond motifs is 1. The van der Waals surface area contributed by atoms with Crippen molar-refractivity contribution in [1.29, 1.82) is 0 Å². The summed E-state index contributed by atoms with van der Waals surface area (Å²) in [6.45, 7) is 0.663. The third-order valence-corrected chi connectivity index (χ3v) is 6.31. The zero-order valence-corrected chi connectivity index (χ0v) is 20.3. The number of carboxylic acids is 1. The topological polar surface area (TPSA) is 196 Å². The molecule has 0 saturated carbocycles. The Kier molecular flexibility index (Phi) is 9.31. The van der Waals surface area contributed by atoms with Crippen molar-refractivity contribution < 1.29 is 29.1 Å². The van der Waals surface area contributed by atoms with E-state index in [1.165, 1.54) is 0 Å². The van der Waals surface area contributed by atoms with Gasteiger partial charge in [0.05, 0.1) is 12.5 Å². The smallest absolute Gasteiger partial charge is 0.326 e. The van der Waals surface area contributed by atoms with Crippen LogP contribution in [0.15, 0.2) is 30.5 Å². The van der Waals surface area contributed by atoms with E-state index in [9.17, 15) is 29.1 Å². The van der Waals surface area contributed by atoms with Crippen molar-refractivity contribution in [3.05, 3.63) is 36.0 Å². The molecular weight excluding hydrogens is 488 g/mol. The molecule has 3 rings (SSSR count). The normalized spacial score (nSPS) is 17.6. The molecule has 194 valence electrons. The van der Waals surface area contributed by atoms with Crippen molar-refractivity contribution in [1.82, 2.24) is 26.3 Å². The number of H-pyrrole nitrogens is 1. The number of carboxylic acid groups (broad SMARTS) is 1. The van der Waals surface area contributed by atoms with E-state index in [0.717, 1.165) is 17.3 Å². The molecule has 8 N–H and O–H groups in total. The van der Waals surface area contributed by atoms with Gasteiger partial charge in [-0.3, -0.25) is 19.2 Å². The number of nitrogens with one attached hydrogen (secondary N) is 5. The second-order valence-corrected chi connectivity index (χ2v) is 8.95. The first-order chi connectivity index (χ1) is 17.2. The standard InChI is InChI=1S/C23H30N6O6S/c24-19(30)9-16(27-20(31)15-6-3-7-25-15)21(32)29-18(11-36)22(33)28-17(23(34)35)8-12-10-26-14-5-2-1-4-13(12)14/h1-2,4-5,10,15-18,25-26,36H,3,6-9,11H2,(H2,24,30)(H,27,31)(H,28,33)(H,29,32)(H,34,35). The van der Waals surface area contributed by atoms with Crippen LogP contribution in [0.4, 0.5) is 0 Å². The fourth-order valence-electron chi connectivity index (χ4n) is 4.05. The molecule has 1 fully saturated rings. The Bertz CT molecular complexity index is 1130. The number of aromatic nitrogens is 1. The van der Waals surface area contributed by atoms with E-state index >= 15 is 0 Å². The molecule has 0 spiro atoms. The van der Waals surface area contributed by atoms with Gasteiger partial charge in [-0.15, -0.1) is 0 Å². The summed E-state index contributed by atoms with van der Waals surface area (Å²) in [4.78, 5) is 64.5. The number of para-hydroxylation sites is 1. The molecule has 12 nitrogen and oxygen atoms in total. The van der Waals surface area contributed by atoms with E-state index in [-0.39, 0.29) is 12.2 Å².